The third-order valence-electron chi connectivity index (χ3n) is 2.86. The molecule has 4 nitrogen and oxygen atoms in total. The fourth-order valence-corrected chi connectivity index (χ4v) is 1.75. The van der Waals surface area contributed by atoms with Crippen molar-refractivity contribution in [3.63, 3.8) is 0 Å². The number of benzene rings is 1. The largest absolute Gasteiger partial charge is 0.492 e. The van der Waals surface area contributed by atoms with Gasteiger partial charge in [0.15, 0.2) is 6.29 Å². The Morgan fingerprint density at radius 1 is 1.05 bits per heavy atom. The van der Waals surface area contributed by atoms with Gasteiger partial charge in [0.2, 0.25) is 0 Å². The van der Waals surface area contributed by atoms with Crippen molar-refractivity contribution in [2.75, 3.05) is 26.4 Å². The molecule has 0 saturated heterocycles. The minimum Gasteiger partial charge on any atom is -0.492 e. The second kappa shape index (κ2) is 9.75. The molecule has 0 radical (unpaired) electrons. The Balaban J connectivity index is 2.25. The van der Waals surface area contributed by atoms with Crippen molar-refractivity contribution in [3.05, 3.63) is 29.8 Å². The van der Waals surface area contributed by atoms with E-state index in [2.05, 4.69) is 19.2 Å². The van der Waals surface area contributed by atoms with Gasteiger partial charge in [0, 0.05) is 25.8 Å². The SMILES string of the molecule is CCOC(CNC(C)COc1ccc(C)cc1)OCC. The van der Waals surface area contributed by atoms with Crippen LogP contribution < -0.4 is 10.1 Å². The molecule has 1 atom stereocenters. The fraction of sp³-hybridized carbons (Fsp3) is 0.625. The van der Waals surface area contributed by atoms with E-state index in [1.807, 2.05) is 38.1 Å². The Hall–Kier alpha value is -1.10. The highest BCUT2D eigenvalue weighted by Crippen LogP contribution is 2.11. The molecular formula is C16H27NO3. The Kier molecular flexibility index (Phi) is 8.26. The first kappa shape index (κ1) is 17.0. The van der Waals surface area contributed by atoms with Gasteiger partial charge in [-0.25, -0.2) is 0 Å². The molecule has 0 heterocycles. The number of nitrogens with one attached hydrogen (secondary N) is 1. The number of aryl methyl sites for hydroxylation is 1. The van der Waals surface area contributed by atoms with Gasteiger partial charge in [-0.2, -0.15) is 0 Å². The highest BCUT2D eigenvalue weighted by molar-refractivity contribution is 5.26. The number of hydrogen-bond acceptors (Lipinski definition) is 4. The van der Waals surface area contributed by atoms with Gasteiger partial charge in [-0.05, 0) is 39.8 Å². The van der Waals surface area contributed by atoms with Crippen LogP contribution in [0.3, 0.4) is 0 Å². The molecule has 0 bridgehead atoms. The molecule has 0 fully saturated rings. The Labute approximate surface area is 122 Å². The molecule has 0 spiro atoms. The maximum absolute atomic E-state index is 5.73. The minimum atomic E-state index is -0.188. The van der Waals surface area contributed by atoms with E-state index in [1.54, 1.807) is 0 Å². The maximum atomic E-state index is 5.73. The number of rotatable bonds is 10. The number of ether oxygens (including phenoxy) is 3. The average Bonchev–Trinajstić information content (AvgIpc) is 2.44. The van der Waals surface area contributed by atoms with Gasteiger partial charge in [-0.3, -0.25) is 0 Å². The lowest BCUT2D eigenvalue weighted by molar-refractivity contribution is -0.133. The zero-order chi connectivity index (χ0) is 14.8. The van der Waals surface area contributed by atoms with Gasteiger partial charge in [0.1, 0.15) is 12.4 Å². The summed E-state index contributed by atoms with van der Waals surface area (Å²) in [5, 5.41) is 3.36. The van der Waals surface area contributed by atoms with E-state index < -0.39 is 0 Å². The van der Waals surface area contributed by atoms with Crippen molar-refractivity contribution in [1.82, 2.24) is 5.32 Å². The Morgan fingerprint density at radius 3 is 2.20 bits per heavy atom. The molecule has 114 valence electrons. The van der Waals surface area contributed by atoms with E-state index >= 15 is 0 Å². The quantitative estimate of drug-likeness (QED) is 0.669. The van der Waals surface area contributed by atoms with E-state index in [4.69, 9.17) is 14.2 Å². The monoisotopic (exact) mass is 281 g/mol. The Morgan fingerprint density at radius 2 is 1.65 bits per heavy atom. The molecular weight excluding hydrogens is 254 g/mol. The maximum Gasteiger partial charge on any atom is 0.169 e. The van der Waals surface area contributed by atoms with Crippen molar-refractivity contribution in [1.29, 1.82) is 0 Å². The highest BCUT2D eigenvalue weighted by Gasteiger charge is 2.10. The lowest BCUT2D eigenvalue weighted by atomic mass is 10.2. The van der Waals surface area contributed by atoms with Gasteiger partial charge >= 0.3 is 0 Å². The van der Waals surface area contributed by atoms with Crippen LogP contribution in [-0.2, 0) is 9.47 Å². The summed E-state index contributed by atoms with van der Waals surface area (Å²) in [6, 6.07) is 8.32. The van der Waals surface area contributed by atoms with Crippen LogP contribution in [0.25, 0.3) is 0 Å². The predicted octanol–water partition coefficient (Wildman–Crippen LogP) is 2.75. The predicted molar refractivity (Wildman–Crippen MR) is 81.2 cm³/mol. The summed E-state index contributed by atoms with van der Waals surface area (Å²) in [7, 11) is 0. The van der Waals surface area contributed by atoms with Crippen molar-refractivity contribution in [2.45, 2.75) is 40.0 Å². The summed E-state index contributed by atoms with van der Waals surface area (Å²) in [6.45, 7) is 10.7. The standard InChI is InChI=1S/C16H27NO3/c1-5-18-16(19-6-2)11-17-14(4)12-20-15-9-7-13(3)8-10-15/h7-10,14,16-17H,5-6,11-12H2,1-4H3. The zero-order valence-electron chi connectivity index (χ0n) is 13.0. The first-order valence-corrected chi connectivity index (χ1v) is 7.31. The summed E-state index contributed by atoms with van der Waals surface area (Å²) < 4.78 is 16.7. The summed E-state index contributed by atoms with van der Waals surface area (Å²) in [5.41, 5.74) is 1.24. The molecule has 0 amide bonds. The summed E-state index contributed by atoms with van der Waals surface area (Å²) >= 11 is 0. The Bertz CT molecular complexity index is 347. The van der Waals surface area contributed by atoms with E-state index in [0.717, 1.165) is 5.75 Å². The van der Waals surface area contributed by atoms with E-state index in [9.17, 15) is 0 Å². The lowest BCUT2D eigenvalue weighted by Gasteiger charge is -2.21. The molecule has 0 saturated carbocycles. The summed E-state index contributed by atoms with van der Waals surface area (Å²) in [5.74, 6) is 0.899. The highest BCUT2D eigenvalue weighted by atomic mass is 16.7. The van der Waals surface area contributed by atoms with E-state index in [0.29, 0.717) is 26.4 Å². The molecule has 0 aliphatic heterocycles. The van der Waals surface area contributed by atoms with Crippen molar-refractivity contribution in [3.8, 4) is 5.75 Å². The second-order valence-corrected chi connectivity index (χ2v) is 4.77. The molecule has 1 aromatic rings. The molecule has 1 aromatic carbocycles. The minimum absolute atomic E-state index is 0.188. The zero-order valence-corrected chi connectivity index (χ0v) is 13.0. The van der Waals surface area contributed by atoms with E-state index in [1.165, 1.54) is 5.56 Å². The fourth-order valence-electron chi connectivity index (χ4n) is 1.75. The second-order valence-electron chi connectivity index (χ2n) is 4.77. The van der Waals surface area contributed by atoms with Crippen LogP contribution >= 0.6 is 0 Å². The van der Waals surface area contributed by atoms with Crippen molar-refractivity contribution >= 4 is 0 Å². The van der Waals surface area contributed by atoms with Gasteiger partial charge in [-0.15, -0.1) is 0 Å². The topological polar surface area (TPSA) is 39.7 Å². The normalized spacial score (nSPS) is 12.7. The van der Waals surface area contributed by atoms with Crippen molar-refractivity contribution < 1.29 is 14.2 Å². The average molecular weight is 281 g/mol. The van der Waals surface area contributed by atoms with Crippen LogP contribution in [0.4, 0.5) is 0 Å². The third kappa shape index (κ3) is 6.89. The van der Waals surface area contributed by atoms with Crippen LogP contribution in [0.5, 0.6) is 5.75 Å². The van der Waals surface area contributed by atoms with Gasteiger partial charge in [0.05, 0.1) is 0 Å². The molecule has 0 aliphatic carbocycles. The number of hydrogen-bond donors (Lipinski definition) is 1. The summed E-state index contributed by atoms with van der Waals surface area (Å²) in [6.07, 6.45) is -0.188. The third-order valence-corrected chi connectivity index (χ3v) is 2.86. The molecule has 1 N–H and O–H groups in total. The lowest BCUT2D eigenvalue weighted by Crippen LogP contribution is -2.39. The molecule has 0 aromatic heterocycles. The first-order chi connectivity index (χ1) is 9.65. The van der Waals surface area contributed by atoms with Crippen LogP contribution in [0.2, 0.25) is 0 Å². The molecule has 4 heteroatoms. The van der Waals surface area contributed by atoms with Gasteiger partial charge in [-0.1, -0.05) is 17.7 Å². The van der Waals surface area contributed by atoms with Crippen LogP contribution in [-0.4, -0.2) is 38.7 Å². The van der Waals surface area contributed by atoms with Crippen LogP contribution in [0, 0.1) is 6.92 Å². The van der Waals surface area contributed by atoms with Crippen LogP contribution in [0.1, 0.15) is 26.3 Å². The molecule has 1 unspecified atom stereocenters. The van der Waals surface area contributed by atoms with Crippen molar-refractivity contribution in [2.24, 2.45) is 0 Å². The smallest absolute Gasteiger partial charge is 0.169 e. The van der Waals surface area contributed by atoms with E-state index in [-0.39, 0.29) is 12.3 Å². The first-order valence-electron chi connectivity index (χ1n) is 7.31. The van der Waals surface area contributed by atoms with Crippen LogP contribution in [0.15, 0.2) is 24.3 Å². The summed E-state index contributed by atoms with van der Waals surface area (Å²) in [4.78, 5) is 0. The molecule has 20 heavy (non-hydrogen) atoms. The van der Waals surface area contributed by atoms with Gasteiger partial charge < -0.3 is 19.5 Å². The van der Waals surface area contributed by atoms with Gasteiger partial charge in [0.25, 0.3) is 0 Å². The molecule has 1 rings (SSSR count). The molecule has 0 aliphatic rings.